The average Bonchev–Trinajstić information content (AvgIpc) is 2.32. The van der Waals surface area contributed by atoms with E-state index in [1.54, 1.807) is 0 Å². The van der Waals surface area contributed by atoms with Crippen molar-refractivity contribution in [3.63, 3.8) is 0 Å². The lowest BCUT2D eigenvalue weighted by molar-refractivity contribution is -0.117. The highest BCUT2D eigenvalue weighted by atomic mass is 16.1. The van der Waals surface area contributed by atoms with Gasteiger partial charge in [-0.3, -0.25) is 4.79 Å². The van der Waals surface area contributed by atoms with Crippen molar-refractivity contribution in [2.45, 2.75) is 33.6 Å². The van der Waals surface area contributed by atoms with Crippen LogP contribution in [0.5, 0.6) is 0 Å². The molecule has 0 aromatic carbocycles. The molecule has 66 valence electrons. The molecule has 12 heavy (non-hydrogen) atoms. The summed E-state index contributed by atoms with van der Waals surface area (Å²) in [5.41, 5.74) is 1.07. The molecule has 0 bridgehead atoms. The van der Waals surface area contributed by atoms with Gasteiger partial charge in [0.1, 0.15) is 0 Å². The van der Waals surface area contributed by atoms with Gasteiger partial charge in [-0.2, -0.15) is 0 Å². The van der Waals surface area contributed by atoms with E-state index < -0.39 is 0 Å². The molecule has 1 rings (SSSR count). The van der Waals surface area contributed by atoms with Crippen molar-refractivity contribution in [1.29, 1.82) is 0 Å². The predicted molar refractivity (Wildman–Crippen MR) is 50.9 cm³/mol. The SMILES string of the molecule is CC(C)(C)CC(=O)C1=CC=CC1. The minimum absolute atomic E-state index is 0.112. The summed E-state index contributed by atoms with van der Waals surface area (Å²) in [5.74, 6) is 0.299. The number of carbonyl (C=O) groups is 1. The lowest BCUT2D eigenvalue weighted by Gasteiger charge is -2.16. The number of ketones is 1. The fraction of sp³-hybridized carbons (Fsp3) is 0.545. The molecule has 1 aliphatic rings. The van der Waals surface area contributed by atoms with E-state index in [0.717, 1.165) is 12.0 Å². The van der Waals surface area contributed by atoms with Crippen molar-refractivity contribution in [3.05, 3.63) is 23.8 Å². The van der Waals surface area contributed by atoms with E-state index in [1.807, 2.05) is 18.2 Å². The first-order chi connectivity index (χ1) is 5.49. The van der Waals surface area contributed by atoms with Gasteiger partial charge in [0.05, 0.1) is 0 Å². The number of hydrogen-bond acceptors (Lipinski definition) is 1. The third-order valence-corrected chi connectivity index (χ3v) is 1.82. The van der Waals surface area contributed by atoms with Gasteiger partial charge in [-0.15, -0.1) is 0 Å². The van der Waals surface area contributed by atoms with Crippen LogP contribution in [0, 0.1) is 5.41 Å². The zero-order valence-electron chi connectivity index (χ0n) is 8.05. The van der Waals surface area contributed by atoms with Gasteiger partial charge >= 0.3 is 0 Å². The van der Waals surface area contributed by atoms with E-state index in [1.165, 1.54) is 0 Å². The van der Waals surface area contributed by atoms with Crippen LogP contribution in [0.4, 0.5) is 0 Å². The Morgan fingerprint density at radius 1 is 1.50 bits per heavy atom. The molecule has 0 spiro atoms. The minimum Gasteiger partial charge on any atom is -0.295 e. The van der Waals surface area contributed by atoms with Gasteiger partial charge in [0.15, 0.2) is 5.78 Å². The Hall–Kier alpha value is -0.850. The van der Waals surface area contributed by atoms with Crippen LogP contribution in [-0.4, -0.2) is 5.78 Å². The maximum atomic E-state index is 11.6. The second-order valence-electron chi connectivity index (χ2n) is 4.48. The molecular weight excluding hydrogens is 148 g/mol. The first-order valence-corrected chi connectivity index (χ1v) is 4.38. The summed E-state index contributed by atoms with van der Waals surface area (Å²) in [7, 11) is 0. The predicted octanol–water partition coefficient (Wildman–Crippen LogP) is 2.88. The zero-order valence-corrected chi connectivity index (χ0v) is 8.05. The topological polar surface area (TPSA) is 17.1 Å². The van der Waals surface area contributed by atoms with Crippen LogP contribution in [0.3, 0.4) is 0 Å². The molecule has 0 saturated heterocycles. The van der Waals surface area contributed by atoms with Crippen molar-refractivity contribution in [2.24, 2.45) is 5.41 Å². The Balaban J connectivity index is 2.50. The largest absolute Gasteiger partial charge is 0.295 e. The van der Waals surface area contributed by atoms with Crippen LogP contribution in [0.1, 0.15) is 33.6 Å². The summed E-state index contributed by atoms with van der Waals surface area (Å²) in [4.78, 5) is 11.6. The number of Topliss-reactive ketones (excluding diaryl/α,β-unsaturated/α-hetero) is 1. The smallest absolute Gasteiger partial charge is 0.159 e. The molecule has 0 unspecified atom stereocenters. The molecular formula is C11H16O. The van der Waals surface area contributed by atoms with Gasteiger partial charge in [-0.25, -0.2) is 0 Å². The summed E-state index contributed by atoms with van der Waals surface area (Å²) in [6.07, 6.45) is 7.38. The molecule has 0 atom stereocenters. The second kappa shape index (κ2) is 3.26. The van der Waals surface area contributed by atoms with Crippen molar-refractivity contribution in [1.82, 2.24) is 0 Å². The van der Waals surface area contributed by atoms with Gasteiger partial charge in [0.2, 0.25) is 0 Å². The molecule has 0 radical (unpaired) electrons. The van der Waals surface area contributed by atoms with Crippen molar-refractivity contribution in [3.8, 4) is 0 Å². The molecule has 0 fully saturated rings. The molecule has 0 heterocycles. The molecule has 0 amide bonds. The highest BCUT2D eigenvalue weighted by Crippen LogP contribution is 2.23. The third kappa shape index (κ3) is 2.65. The van der Waals surface area contributed by atoms with Gasteiger partial charge in [0.25, 0.3) is 0 Å². The Bertz CT molecular complexity index is 238. The number of hydrogen-bond donors (Lipinski definition) is 0. The van der Waals surface area contributed by atoms with Crippen LogP contribution >= 0.6 is 0 Å². The fourth-order valence-corrected chi connectivity index (χ4v) is 1.25. The van der Waals surface area contributed by atoms with Crippen LogP contribution in [0.15, 0.2) is 23.8 Å². The zero-order chi connectivity index (χ0) is 9.19. The average molecular weight is 164 g/mol. The summed E-state index contributed by atoms with van der Waals surface area (Å²) in [6, 6.07) is 0. The Kier molecular flexibility index (Phi) is 2.51. The van der Waals surface area contributed by atoms with Crippen LogP contribution in [0.2, 0.25) is 0 Å². The van der Waals surface area contributed by atoms with Crippen LogP contribution in [-0.2, 0) is 4.79 Å². The van der Waals surface area contributed by atoms with Gasteiger partial charge in [-0.05, 0) is 17.4 Å². The molecule has 0 aromatic rings. The minimum atomic E-state index is 0.112. The second-order valence-corrected chi connectivity index (χ2v) is 4.48. The summed E-state index contributed by atoms with van der Waals surface area (Å²) >= 11 is 0. The van der Waals surface area contributed by atoms with Crippen molar-refractivity contribution < 1.29 is 4.79 Å². The highest BCUT2D eigenvalue weighted by Gasteiger charge is 2.18. The summed E-state index contributed by atoms with van der Waals surface area (Å²) in [5, 5.41) is 0. The fourth-order valence-electron chi connectivity index (χ4n) is 1.25. The number of rotatable bonds is 2. The molecule has 0 saturated carbocycles. The highest BCUT2D eigenvalue weighted by molar-refractivity contribution is 5.96. The Morgan fingerprint density at radius 3 is 2.58 bits per heavy atom. The number of carbonyl (C=O) groups excluding carboxylic acids is 1. The van der Waals surface area contributed by atoms with Crippen molar-refractivity contribution >= 4 is 5.78 Å². The normalized spacial score (nSPS) is 16.4. The van der Waals surface area contributed by atoms with Gasteiger partial charge < -0.3 is 0 Å². The van der Waals surface area contributed by atoms with E-state index in [4.69, 9.17) is 0 Å². The number of allylic oxidation sites excluding steroid dienone is 4. The maximum Gasteiger partial charge on any atom is 0.159 e. The molecule has 0 N–H and O–H groups in total. The molecule has 0 aliphatic heterocycles. The monoisotopic (exact) mass is 164 g/mol. The standard InChI is InChI=1S/C11H16O/c1-11(2,3)8-10(12)9-6-4-5-7-9/h4-6H,7-8H2,1-3H3. The van der Waals surface area contributed by atoms with E-state index in [2.05, 4.69) is 20.8 Å². The van der Waals surface area contributed by atoms with E-state index >= 15 is 0 Å². The first-order valence-electron chi connectivity index (χ1n) is 4.38. The van der Waals surface area contributed by atoms with E-state index in [0.29, 0.717) is 12.2 Å². The van der Waals surface area contributed by atoms with E-state index in [-0.39, 0.29) is 5.41 Å². The quantitative estimate of drug-likeness (QED) is 0.613. The molecule has 1 nitrogen and oxygen atoms in total. The molecule has 1 aliphatic carbocycles. The molecule has 0 aromatic heterocycles. The van der Waals surface area contributed by atoms with Crippen LogP contribution < -0.4 is 0 Å². The third-order valence-electron chi connectivity index (χ3n) is 1.82. The molecule has 1 heteroatoms. The lowest BCUT2D eigenvalue weighted by Crippen LogP contribution is -2.13. The van der Waals surface area contributed by atoms with E-state index in [9.17, 15) is 4.79 Å². The summed E-state index contributed by atoms with van der Waals surface area (Å²) in [6.45, 7) is 6.27. The van der Waals surface area contributed by atoms with Crippen molar-refractivity contribution in [2.75, 3.05) is 0 Å². The Labute approximate surface area is 74.2 Å². The first kappa shape index (κ1) is 9.24. The Morgan fingerprint density at radius 2 is 2.17 bits per heavy atom. The summed E-state index contributed by atoms with van der Waals surface area (Å²) < 4.78 is 0. The van der Waals surface area contributed by atoms with Gasteiger partial charge in [-0.1, -0.05) is 39.0 Å². The van der Waals surface area contributed by atoms with Gasteiger partial charge in [0, 0.05) is 6.42 Å². The lowest BCUT2D eigenvalue weighted by atomic mass is 9.87. The van der Waals surface area contributed by atoms with Crippen LogP contribution in [0.25, 0.3) is 0 Å². The maximum absolute atomic E-state index is 11.6.